The minimum absolute atomic E-state index is 0.871. The van der Waals surface area contributed by atoms with Crippen molar-refractivity contribution in [3.05, 3.63) is 95.7 Å². The van der Waals surface area contributed by atoms with Crippen molar-refractivity contribution >= 4 is 22.0 Å². The number of H-pyrrole nitrogens is 1. The molecule has 134 valence electrons. The zero-order valence-electron chi connectivity index (χ0n) is 15.6. The van der Waals surface area contributed by atoms with E-state index < -0.39 is 0 Å². The Balaban J connectivity index is 1.99. The lowest BCUT2D eigenvalue weighted by Crippen LogP contribution is -1.95. The maximum absolute atomic E-state index is 5.45. The Morgan fingerprint density at radius 3 is 2.48 bits per heavy atom. The van der Waals surface area contributed by atoms with Crippen LogP contribution in [0.3, 0.4) is 0 Å². The molecule has 0 saturated carbocycles. The van der Waals surface area contributed by atoms with Gasteiger partial charge in [0.25, 0.3) is 0 Å². The molecule has 0 aliphatic carbocycles. The van der Waals surface area contributed by atoms with Gasteiger partial charge in [-0.05, 0) is 58.5 Å². The minimum Gasteiger partial charge on any atom is -0.497 e. The average molecular weight is 354 g/mol. The maximum atomic E-state index is 5.45. The van der Waals surface area contributed by atoms with E-state index in [9.17, 15) is 0 Å². The topological polar surface area (TPSA) is 37.9 Å². The van der Waals surface area contributed by atoms with Crippen LogP contribution in [0.15, 0.2) is 79.0 Å². The van der Waals surface area contributed by atoms with Gasteiger partial charge in [0.2, 0.25) is 0 Å². The number of rotatable bonds is 5. The number of hydrogen-bond donors (Lipinski definition) is 1. The van der Waals surface area contributed by atoms with Crippen LogP contribution in [-0.2, 0) is 0 Å². The molecule has 1 heterocycles. The van der Waals surface area contributed by atoms with Gasteiger partial charge in [-0.1, -0.05) is 55.5 Å². The van der Waals surface area contributed by atoms with Crippen LogP contribution in [0.4, 0.5) is 0 Å². The monoisotopic (exact) mass is 354 g/mol. The molecule has 0 unspecified atom stereocenters. The van der Waals surface area contributed by atoms with E-state index in [1.54, 1.807) is 7.11 Å². The highest BCUT2D eigenvalue weighted by Gasteiger charge is 2.14. The molecule has 0 saturated heterocycles. The molecular weight excluding hydrogens is 332 g/mol. The van der Waals surface area contributed by atoms with Crippen molar-refractivity contribution in [2.45, 2.75) is 13.3 Å². The van der Waals surface area contributed by atoms with Gasteiger partial charge in [0.1, 0.15) is 5.75 Å². The van der Waals surface area contributed by atoms with Crippen molar-refractivity contribution in [2.75, 3.05) is 7.11 Å². The normalized spacial score (nSPS) is 12.1. The summed E-state index contributed by atoms with van der Waals surface area (Å²) in [5.41, 5.74) is 7.17. The number of aromatic amines is 1. The van der Waals surface area contributed by atoms with E-state index in [1.807, 2.05) is 18.3 Å². The van der Waals surface area contributed by atoms with Gasteiger partial charge in [0, 0.05) is 5.39 Å². The molecule has 0 radical (unpaired) electrons. The Morgan fingerprint density at radius 2 is 1.70 bits per heavy atom. The van der Waals surface area contributed by atoms with Crippen LogP contribution in [-0.4, -0.2) is 17.3 Å². The molecule has 3 heteroatoms. The fourth-order valence-corrected chi connectivity index (χ4v) is 3.55. The Labute approximate surface area is 159 Å². The number of nitrogens with one attached hydrogen (secondary N) is 1. The summed E-state index contributed by atoms with van der Waals surface area (Å²) in [6.07, 6.45) is 2.79. The van der Waals surface area contributed by atoms with Crippen LogP contribution in [0.25, 0.3) is 22.0 Å². The van der Waals surface area contributed by atoms with Crippen molar-refractivity contribution in [2.24, 2.45) is 0 Å². The first kappa shape index (κ1) is 17.1. The summed E-state index contributed by atoms with van der Waals surface area (Å²) in [5.74, 6) is 0.871. The molecule has 1 aromatic heterocycles. The van der Waals surface area contributed by atoms with E-state index in [4.69, 9.17) is 4.74 Å². The number of aromatic nitrogens is 2. The Kier molecular flexibility index (Phi) is 4.75. The highest BCUT2D eigenvalue weighted by atomic mass is 16.5. The van der Waals surface area contributed by atoms with Gasteiger partial charge in [-0.3, -0.25) is 5.10 Å². The lowest BCUT2D eigenvalue weighted by atomic mass is 9.88. The second-order valence-corrected chi connectivity index (χ2v) is 6.48. The Morgan fingerprint density at radius 1 is 0.889 bits per heavy atom. The number of methoxy groups -OCH3 is 1. The third kappa shape index (κ3) is 3.36. The lowest BCUT2D eigenvalue weighted by Gasteiger charge is -2.17. The van der Waals surface area contributed by atoms with Crippen molar-refractivity contribution in [3.8, 4) is 5.75 Å². The van der Waals surface area contributed by atoms with Crippen molar-refractivity contribution in [1.29, 1.82) is 0 Å². The number of benzene rings is 3. The smallest absolute Gasteiger partial charge is 0.119 e. The quantitative estimate of drug-likeness (QED) is 0.450. The summed E-state index contributed by atoms with van der Waals surface area (Å²) in [6, 6.07) is 25.3. The molecule has 27 heavy (non-hydrogen) atoms. The van der Waals surface area contributed by atoms with Crippen LogP contribution in [0.1, 0.15) is 30.0 Å². The third-order valence-electron chi connectivity index (χ3n) is 4.86. The molecule has 4 rings (SSSR count). The molecule has 0 spiro atoms. The summed E-state index contributed by atoms with van der Waals surface area (Å²) in [7, 11) is 1.71. The molecule has 4 aromatic rings. The van der Waals surface area contributed by atoms with Crippen molar-refractivity contribution in [1.82, 2.24) is 10.2 Å². The molecular formula is C24H22N2O. The second-order valence-electron chi connectivity index (χ2n) is 6.48. The first-order valence-corrected chi connectivity index (χ1v) is 9.16. The molecule has 3 aromatic carbocycles. The number of allylic oxidation sites excluding steroid dienone is 1. The minimum atomic E-state index is 0.871. The van der Waals surface area contributed by atoms with Crippen molar-refractivity contribution in [3.63, 3.8) is 0 Å². The second kappa shape index (κ2) is 7.50. The van der Waals surface area contributed by atoms with E-state index in [2.05, 4.69) is 77.8 Å². The number of ether oxygens (including phenoxy) is 1. The summed E-state index contributed by atoms with van der Waals surface area (Å²) < 4.78 is 5.45. The Hall–Kier alpha value is -3.33. The van der Waals surface area contributed by atoms with Gasteiger partial charge >= 0.3 is 0 Å². The first-order valence-electron chi connectivity index (χ1n) is 9.16. The van der Waals surface area contributed by atoms with E-state index in [0.29, 0.717) is 0 Å². The molecule has 0 aliphatic rings. The number of nitrogens with zero attached hydrogens (tertiary/aromatic N) is 1. The van der Waals surface area contributed by atoms with Gasteiger partial charge < -0.3 is 4.74 Å². The van der Waals surface area contributed by atoms with E-state index >= 15 is 0 Å². The van der Waals surface area contributed by atoms with Crippen LogP contribution >= 0.6 is 0 Å². The summed E-state index contributed by atoms with van der Waals surface area (Å²) in [4.78, 5) is 0. The zero-order chi connectivity index (χ0) is 18.6. The van der Waals surface area contributed by atoms with Gasteiger partial charge in [-0.15, -0.1) is 0 Å². The molecule has 0 aliphatic heterocycles. The van der Waals surface area contributed by atoms with Crippen LogP contribution in [0.2, 0.25) is 0 Å². The molecule has 0 amide bonds. The standard InChI is InChI=1S/C24H22N2O/c1-3-22(18-10-7-11-21(15-18)27-2)24(17-8-5-4-6-9-17)19-12-13-23-20(14-19)16-25-26-23/h4-16H,3H2,1-2H3,(H,25,26)/b24-22+. The highest BCUT2D eigenvalue weighted by Crippen LogP contribution is 2.36. The number of hydrogen-bond acceptors (Lipinski definition) is 2. The molecule has 1 N–H and O–H groups in total. The summed E-state index contributed by atoms with van der Waals surface area (Å²) >= 11 is 0. The predicted molar refractivity (Wildman–Crippen MR) is 112 cm³/mol. The SMILES string of the molecule is CC/C(=C(/c1ccccc1)c1ccc2[nH]ncc2c1)c1cccc(OC)c1. The predicted octanol–water partition coefficient (Wildman–Crippen LogP) is 5.94. The first-order chi connectivity index (χ1) is 13.3. The maximum Gasteiger partial charge on any atom is 0.119 e. The van der Waals surface area contributed by atoms with Gasteiger partial charge in [-0.25, -0.2) is 0 Å². The molecule has 0 atom stereocenters. The number of fused-ring (bicyclic) bond motifs is 1. The average Bonchev–Trinajstić information content (AvgIpc) is 3.20. The van der Waals surface area contributed by atoms with Crippen molar-refractivity contribution < 1.29 is 4.74 Å². The Bertz CT molecular complexity index is 1090. The van der Waals surface area contributed by atoms with Crippen LogP contribution < -0.4 is 4.74 Å². The van der Waals surface area contributed by atoms with Gasteiger partial charge in [0.15, 0.2) is 0 Å². The van der Waals surface area contributed by atoms with Gasteiger partial charge in [0.05, 0.1) is 18.8 Å². The summed E-state index contributed by atoms with van der Waals surface area (Å²) in [6.45, 7) is 2.20. The fraction of sp³-hybridized carbons (Fsp3) is 0.125. The zero-order valence-corrected chi connectivity index (χ0v) is 15.6. The van der Waals surface area contributed by atoms with Crippen LogP contribution in [0.5, 0.6) is 5.75 Å². The summed E-state index contributed by atoms with van der Waals surface area (Å²) in [5, 5.41) is 8.31. The molecule has 0 fully saturated rings. The molecule has 0 bridgehead atoms. The third-order valence-corrected chi connectivity index (χ3v) is 4.86. The van der Waals surface area contributed by atoms with Crippen LogP contribution in [0, 0.1) is 0 Å². The van der Waals surface area contributed by atoms with E-state index in [1.165, 1.54) is 27.8 Å². The fourth-order valence-electron chi connectivity index (χ4n) is 3.55. The largest absolute Gasteiger partial charge is 0.497 e. The highest BCUT2D eigenvalue weighted by molar-refractivity contribution is 6.00. The van der Waals surface area contributed by atoms with E-state index in [-0.39, 0.29) is 0 Å². The van der Waals surface area contributed by atoms with Gasteiger partial charge in [-0.2, -0.15) is 5.10 Å². The lowest BCUT2D eigenvalue weighted by molar-refractivity contribution is 0.414. The van der Waals surface area contributed by atoms with E-state index in [0.717, 1.165) is 23.1 Å². The molecule has 3 nitrogen and oxygen atoms in total.